The van der Waals surface area contributed by atoms with E-state index >= 15 is 0 Å². The maximum Gasteiger partial charge on any atom is 0.264 e. The van der Waals surface area contributed by atoms with Gasteiger partial charge in [-0.15, -0.1) is 0 Å². The van der Waals surface area contributed by atoms with Crippen LogP contribution in [-0.2, 0) is 6.61 Å². The summed E-state index contributed by atoms with van der Waals surface area (Å²) in [5.41, 5.74) is 2.08. The number of ether oxygens (including phenoxy) is 1. The monoisotopic (exact) mass is 344 g/mol. The van der Waals surface area contributed by atoms with E-state index in [2.05, 4.69) is 26.1 Å². The van der Waals surface area contributed by atoms with E-state index in [1.165, 1.54) is 0 Å². The van der Waals surface area contributed by atoms with Gasteiger partial charge in [-0.25, -0.2) is 0 Å². The fourth-order valence-electron chi connectivity index (χ4n) is 1.92. The number of hydrogen-bond donors (Lipinski definition) is 0. The van der Waals surface area contributed by atoms with Gasteiger partial charge in [-0.2, -0.15) is 4.98 Å². The molecule has 0 radical (unpaired) electrons. The van der Waals surface area contributed by atoms with E-state index in [4.69, 9.17) is 9.26 Å². The topological polar surface area (TPSA) is 48.2 Å². The van der Waals surface area contributed by atoms with Gasteiger partial charge < -0.3 is 9.26 Å². The molecule has 0 fully saturated rings. The molecule has 1 heterocycles. The van der Waals surface area contributed by atoms with E-state index < -0.39 is 0 Å². The highest BCUT2D eigenvalue weighted by atomic mass is 79.9. The fourth-order valence-corrected chi connectivity index (χ4v) is 2.19. The Hall–Kier alpha value is -2.14. The molecule has 0 spiro atoms. The molecule has 4 nitrogen and oxygen atoms in total. The molecule has 5 heteroatoms. The molecule has 2 aromatic carbocycles. The van der Waals surface area contributed by atoms with Crippen molar-refractivity contribution in [3.05, 3.63) is 64.5 Å². The van der Waals surface area contributed by atoms with Crippen LogP contribution >= 0.6 is 15.9 Å². The third-order valence-electron chi connectivity index (χ3n) is 3.03. The van der Waals surface area contributed by atoms with Gasteiger partial charge in [-0.3, -0.25) is 0 Å². The Kier molecular flexibility index (Phi) is 4.01. The van der Waals surface area contributed by atoms with Gasteiger partial charge >= 0.3 is 0 Å². The molecule has 106 valence electrons. The maximum absolute atomic E-state index is 5.61. The predicted octanol–water partition coefficient (Wildman–Crippen LogP) is 4.39. The summed E-state index contributed by atoms with van der Waals surface area (Å²) in [6, 6.07) is 15.5. The first kappa shape index (κ1) is 13.8. The van der Waals surface area contributed by atoms with Crippen molar-refractivity contribution in [2.75, 3.05) is 0 Å². The van der Waals surface area contributed by atoms with E-state index in [1.54, 1.807) is 0 Å². The second kappa shape index (κ2) is 6.10. The molecule has 0 bridgehead atoms. The van der Waals surface area contributed by atoms with Crippen molar-refractivity contribution >= 4 is 15.9 Å². The van der Waals surface area contributed by atoms with Crippen LogP contribution in [0, 0.1) is 6.92 Å². The number of rotatable bonds is 4. The third-order valence-corrected chi connectivity index (χ3v) is 3.56. The van der Waals surface area contributed by atoms with Gasteiger partial charge in [0.2, 0.25) is 5.82 Å². The highest BCUT2D eigenvalue weighted by Gasteiger charge is 2.10. The highest BCUT2D eigenvalue weighted by Crippen LogP contribution is 2.21. The quantitative estimate of drug-likeness (QED) is 0.704. The zero-order chi connectivity index (χ0) is 14.7. The summed E-state index contributed by atoms with van der Waals surface area (Å²) in [6.07, 6.45) is 0. The number of aromatic nitrogens is 2. The minimum Gasteiger partial charge on any atom is -0.484 e. The van der Waals surface area contributed by atoms with Crippen molar-refractivity contribution in [2.24, 2.45) is 0 Å². The molecule has 0 aliphatic carbocycles. The number of halogens is 1. The summed E-state index contributed by atoms with van der Waals surface area (Å²) in [5.74, 6) is 1.80. The largest absolute Gasteiger partial charge is 0.484 e. The van der Waals surface area contributed by atoms with Crippen LogP contribution < -0.4 is 4.74 Å². The molecule has 0 saturated heterocycles. The summed E-state index contributed by atoms with van der Waals surface area (Å²) >= 11 is 3.38. The molecular weight excluding hydrogens is 332 g/mol. The Bertz CT molecular complexity index is 738. The first-order chi connectivity index (χ1) is 10.2. The van der Waals surface area contributed by atoms with Gasteiger partial charge in [0.05, 0.1) is 0 Å². The Labute approximate surface area is 130 Å². The molecule has 1 aromatic heterocycles. The number of hydrogen-bond acceptors (Lipinski definition) is 4. The molecule has 3 rings (SSSR count). The Morgan fingerprint density at radius 1 is 1.10 bits per heavy atom. The van der Waals surface area contributed by atoms with Crippen LogP contribution in [0.1, 0.15) is 11.5 Å². The van der Waals surface area contributed by atoms with Crippen molar-refractivity contribution < 1.29 is 9.26 Å². The smallest absolute Gasteiger partial charge is 0.264 e. The molecular formula is C16H13BrN2O2. The van der Waals surface area contributed by atoms with E-state index in [1.807, 2.05) is 55.5 Å². The van der Waals surface area contributed by atoms with E-state index in [9.17, 15) is 0 Å². The van der Waals surface area contributed by atoms with E-state index in [0.717, 1.165) is 21.3 Å². The van der Waals surface area contributed by atoms with Crippen LogP contribution in [0.4, 0.5) is 0 Å². The minimum absolute atomic E-state index is 0.251. The van der Waals surface area contributed by atoms with Gasteiger partial charge in [-0.1, -0.05) is 45.4 Å². The summed E-state index contributed by atoms with van der Waals surface area (Å²) in [5, 5.41) is 4.00. The van der Waals surface area contributed by atoms with Crippen LogP contribution in [0.3, 0.4) is 0 Å². The standard InChI is InChI=1S/C16H13BrN2O2/c1-11-4-2-3-5-14(11)16-18-15(21-19-16)10-20-13-8-6-12(17)7-9-13/h2-9H,10H2,1H3. The summed E-state index contributed by atoms with van der Waals surface area (Å²) < 4.78 is 11.8. The zero-order valence-corrected chi connectivity index (χ0v) is 13.0. The molecule has 0 unspecified atom stereocenters. The molecule has 0 saturated carbocycles. The van der Waals surface area contributed by atoms with Crippen LogP contribution in [0.2, 0.25) is 0 Å². The van der Waals surface area contributed by atoms with Crippen LogP contribution in [0.15, 0.2) is 57.5 Å². The number of aryl methyl sites for hydroxylation is 1. The number of benzene rings is 2. The van der Waals surface area contributed by atoms with Crippen LogP contribution in [0.5, 0.6) is 5.75 Å². The molecule has 0 aliphatic rings. The molecule has 0 N–H and O–H groups in total. The average molecular weight is 345 g/mol. The lowest BCUT2D eigenvalue weighted by Crippen LogP contribution is -1.95. The van der Waals surface area contributed by atoms with Gasteiger partial charge in [-0.05, 0) is 36.8 Å². The zero-order valence-electron chi connectivity index (χ0n) is 11.4. The lowest BCUT2D eigenvalue weighted by Gasteiger charge is -2.02. The minimum atomic E-state index is 0.251. The van der Waals surface area contributed by atoms with Crippen LogP contribution in [-0.4, -0.2) is 10.1 Å². The van der Waals surface area contributed by atoms with E-state index in [0.29, 0.717) is 11.7 Å². The van der Waals surface area contributed by atoms with Gasteiger partial charge in [0, 0.05) is 10.0 Å². The summed E-state index contributed by atoms with van der Waals surface area (Å²) in [4.78, 5) is 4.36. The van der Waals surface area contributed by atoms with Crippen molar-refractivity contribution in [2.45, 2.75) is 13.5 Å². The maximum atomic E-state index is 5.61. The fraction of sp³-hybridized carbons (Fsp3) is 0.125. The van der Waals surface area contributed by atoms with Crippen molar-refractivity contribution in [3.8, 4) is 17.1 Å². The molecule has 3 aromatic rings. The second-order valence-electron chi connectivity index (χ2n) is 4.57. The van der Waals surface area contributed by atoms with Crippen molar-refractivity contribution in [1.29, 1.82) is 0 Å². The first-order valence-electron chi connectivity index (χ1n) is 6.49. The second-order valence-corrected chi connectivity index (χ2v) is 5.48. The van der Waals surface area contributed by atoms with Crippen molar-refractivity contribution in [1.82, 2.24) is 10.1 Å². The molecule has 0 amide bonds. The van der Waals surface area contributed by atoms with Gasteiger partial charge in [0.25, 0.3) is 5.89 Å². The van der Waals surface area contributed by atoms with Crippen LogP contribution in [0.25, 0.3) is 11.4 Å². The predicted molar refractivity (Wildman–Crippen MR) is 82.9 cm³/mol. The lowest BCUT2D eigenvalue weighted by molar-refractivity contribution is 0.243. The van der Waals surface area contributed by atoms with E-state index in [-0.39, 0.29) is 6.61 Å². The summed E-state index contributed by atoms with van der Waals surface area (Å²) in [6.45, 7) is 2.27. The van der Waals surface area contributed by atoms with Gasteiger partial charge in [0.1, 0.15) is 5.75 Å². The Morgan fingerprint density at radius 3 is 2.62 bits per heavy atom. The number of nitrogens with zero attached hydrogens (tertiary/aromatic N) is 2. The molecule has 0 aliphatic heterocycles. The normalized spacial score (nSPS) is 10.6. The SMILES string of the molecule is Cc1ccccc1-c1noc(COc2ccc(Br)cc2)n1. The van der Waals surface area contributed by atoms with Crippen molar-refractivity contribution in [3.63, 3.8) is 0 Å². The third kappa shape index (κ3) is 3.31. The van der Waals surface area contributed by atoms with Gasteiger partial charge in [0.15, 0.2) is 6.61 Å². The lowest BCUT2D eigenvalue weighted by atomic mass is 10.1. The molecule has 21 heavy (non-hydrogen) atoms. The highest BCUT2D eigenvalue weighted by molar-refractivity contribution is 9.10. The summed E-state index contributed by atoms with van der Waals surface area (Å²) in [7, 11) is 0. The average Bonchev–Trinajstić information content (AvgIpc) is 2.96. The molecule has 0 atom stereocenters. The Morgan fingerprint density at radius 2 is 1.86 bits per heavy atom. The Balaban J connectivity index is 1.71. The first-order valence-corrected chi connectivity index (χ1v) is 7.28.